The lowest BCUT2D eigenvalue weighted by atomic mass is 10.0. The number of aromatic nitrogens is 1. The quantitative estimate of drug-likeness (QED) is 0.686. The van der Waals surface area contributed by atoms with Crippen LogP contribution in [0.3, 0.4) is 0 Å². The molecule has 0 aliphatic carbocycles. The normalized spacial score (nSPS) is 12.6. The van der Waals surface area contributed by atoms with E-state index in [9.17, 15) is 0 Å². The summed E-state index contributed by atoms with van der Waals surface area (Å²) in [5.41, 5.74) is 1.28. The molecular weight excluding hydrogens is 150 g/mol. The Morgan fingerprint density at radius 3 is 2.67 bits per heavy atom. The van der Waals surface area contributed by atoms with E-state index in [1.807, 2.05) is 12.3 Å². The largest absolute Gasteiger partial charge is 0.481 e. The van der Waals surface area contributed by atoms with Crippen molar-refractivity contribution in [2.24, 2.45) is 0 Å². The summed E-state index contributed by atoms with van der Waals surface area (Å²) in [7, 11) is 1.63. The van der Waals surface area contributed by atoms with Crippen LogP contribution in [0.25, 0.3) is 0 Å². The van der Waals surface area contributed by atoms with E-state index in [0.29, 0.717) is 11.8 Å². The molecule has 1 rings (SSSR count). The number of rotatable bonds is 3. The van der Waals surface area contributed by atoms with E-state index in [2.05, 4.69) is 24.9 Å². The van der Waals surface area contributed by atoms with Crippen LogP contribution in [0.1, 0.15) is 31.7 Å². The monoisotopic (exact) mass is 165 g/mol. The first-order chi connectivity index (χ1) is 5.77. The summed E-state index contributed by atoms with van der Waals surface area (Å²) in [6, 6.07) is 3.97. The van der Waals surface area contributed by atoms with E-state index in [1.54, 1.807) is 7.11 Å². The molecule has 1 aromatic rings. The molecule has 0 aromatic carbocycles. The lowest BCUT2D eigenvalue weighted by molar-refractivity contribution is 0.397. The zero-order valence-electron chi connectivity index (χ0n) is 7.87. The Balaban J connectivity index is 2.77. The van der Waals surface area contributed by atoms with Crippen molar-refractivity contribution >= 4 is 0 Å². The molecular formula is C10H15NO. The highest BCUT2D eigenvalue weighted by Gasteiger charge is 2.02. The first-order valence-corrected chi connectivity index (χ1v) is 4.27. The Morgan fingerprint density at radius 2 is 2.25 bits per heavy atom. The molecule has 66 valence electrons. The molecule has 0 bridgehead atoms. The van der Waals surface area contributed by atoms with Gasteiger partial charge < -0.3 is 4.74 Å². The maximum atomic E-state index is 4.97. The van der Waals surface area contributed by atoms with Crippen molar-refractivity contribution in [1.82, 2.24) is 4.98 Å². The van der Waals surface area contributed by atoms with Crippen LogP contribution < -0.4 is 4.74 Å². The molecule has 0 amide bonds. The second-order valence-corrected chi connectivity index (χ2v) is 2.94. The standard InChI is InChI=1S/C10H15NO/c1-4-8(2)9-5-6-10(12-3)11-7-9/h5-8H,4H2,1-3H3/t8-/m1/s1. The first-order valence-electron chi connectivity index (χ1n) is 4.27. The molecule has 1 heterocycles. The van der Waals surface area contributed by atoms with Gasteiger partial charge in [-0.1, -0.05) is 19.9 Å². The molecule has 2 heteroatoms. The van der Waals surface area contributed by atoms with Crippen molar-refractivity contribution in [2.45, 2.75) is 26.2 Å². The Labute approximate surface area is 73.6 Å². The third-order valence-corrected chi connectivity index (χ3v) is 2.15. The van der Waals surface area contributed by atoms with Gasteiger partial charge in [-0.2, -0.15) is 0 Å². The van der Waals surface area contributed by atoms with Crippen LogP contribution in [-0.4, -0.2) is 12.1 Å². The van der Waals surface area contributed by atoms with Gasteiger partial charge in [-0.3, -0.25) is 0 Å². The van der Waals surface area contributed by atoms with Crippen LogP contribution in [0, 0.1) is 0 Å². The maximum Gasteiger partial charge on any atom is 0.212 e. The molecule has 2 nitrogen and oxygen atoms in total. The summed E-state index contributed by atoms with van der Waals surface area (Å²) >= 11 is 0. The fourth-order valence-electron chi connectivity index (χ4n) is 1.04. The summed E-state index contributed by atoms with van der Waals surface area (Å²) in [6.07, 6.45) is 3.03. The molecule has 0 saturated carbocycles. The molecule has 0 N–H and O–H groups in total. The molecule has 0 saturated heterocycles. The Morgan fingerprint density at radius 1 is 1.50 bits per heavy atom. The third kappa shape index (κ3) is 1.97. The van der Waals surface area contributed by atoms with Crippen molar-refractivity contribution in [1.29, 1.82) is 0 Å². The molecule has 0 fully saturated rings. The van der Waals surface area contributed by atoms with E-state index in [1.165, 1.54) is 5.56 Å². The second-order valence-electron chi connectivity index (χ2n) is 2.94. The van der Waals surface area contributed by atoms with Gasteiger partial charge in [-0.15, -0.1) is 0 Å². The summed E-state index contributed by atoms with van der Waals surface area (Å²) in [6.45, 7) is 4.37. The van der Waals surface area contributed by atoms with Crippen LogP contribution in [0.5, 0.6) is 5.88 Å². The average molecular weight is 165 g/mol. The number of hydrogen-bond donors (Lipinski definition) is 0. The van der Waals surface area contributed by atoms with Crippen LogP contribution >= 0.6 is 0 Å². The smallest absolute Gasteiger partial charge is 0.212 e. The zero-order valence-corrected chi connectivity index (χ0v) is 7.87. The topological polar surface area (TPSA) is 22.1 Å². The minimum atomic E-state index is 0.586. The lowest BCUT2D eigenvalue weighted by Gasteiger charge is -2.07. The predicted molar refractivity (Wildman–Crippen MR) is 49.5 cm³/mol. The van der Waals surface area contributed by atoms with E-state index in [0.717, 1.165) is 6.42 Å². The lowest BCUT2D eigenvalue weighted by Crippen LogP contribution is -1.93. The van der Waals surface area contributed by atoms with Gasteiger partial charge in [0.2, 0.25) is 5.88 Å². The van der Waals surface area contributed by atoms with E-state index in [-0.39, 0.29) is 0 Å². The van der Waals surface area contributed by atoms with Gasteiger partial charge >= 0.3 is 0 Å². The van der Waals surface area contributed by atoms with Crippen LogP contribution in [0.4, 0.5) is 0 Å². The van der Waals surface area contributed by atoms with Gasteiger partial charge in [-0.05, 0) is 17.9 Å². The summed E-state index contributed by atoms with van der Waals surface area (Å²) in [5.74, 6) is 1.27. The van der Waals surface area contributed by atoms with E-state index in [4.69, 9.17) is 4.74 Å². The molecule has 0 spiro atoms. The molecule has 0 radical (unpaired) electrons. The number of methoxy groups -OCH3 is 1. The van der Waals surface area contributed by atoms with Gasteiger partial charge in [-0.25, -0.2) is 4.98 Å². The molecule has 0 aliphatic rings. The highest BCUT2D eigenvalue weighted by molar-refractivity contribution is 5.20. The Hall–Kier alpha value is -1.05. The molecule has 0 unspecified atom stereocenters. The number of hydrogen-bond acceptors (Lipinski definition) is 2. The third-order valence-electron chi connectivity index (χ3n) is 2.15. The summed E-state index contributed by atoms with van der Waals surface area (Å²) in [4.78, 5) is 4.14. The van der Waals surface area contributed by atoms with Crippen molar-refractivity contribution in [3.63, 3.8) is 0 Å². The fraction of sp³-hybridized carbons (Fsp3) is 0.500. The van der Waals surface area contributed by atoms with Crippen LogP contribution in [-0.2, 0) is 0 Å². The molecule has 1 aromatic heterocycles. The van der Waals surface area contributed by atoms with Crippen molar-refractivity contribution in [3.8, 4) is 5.88 Å². The van der Waals surface area contributed by atoms with Gasteiger partial charge in [0.1, 0.15) is 0 Å². The second kappa shape index (κ2) is 4.10. The number of nitrogens with zero attached hydrogens (tertiary/aromatic N) is 1. The Bertz CT molecular complexity index is 230. The van der Waals surface area contributed by atoms with Gasteiger partial charge in [0.05, 0.1) is 7.11 Å². The SMILES string of the molecule is CC[C@@H](C)c1ccc(OC)nc1. The van der Waals surface area contributed by atoms with Crippen molar-refractivity contribution < 1.29 is 4.74 Å². The van der Waals surface area contributed by atoms with E-state index < -0.39 is 0 Å². The number of pyridine rings is 1. The van der Waals surface area contributed by atoms with Crippen LogP contribution in [0.15, 0.2) is 18.3 Å². The Kier molecular flexibility index (Phi) is 3.09. The van der Waals surface area contributed by atoms with E-state index >= 15 is 0 Å². The molecule has 12 heavy (non-hydrogen) atoms. The van der Waals surface area contributed by atoms with Crippen molar-refractivity contribution in [2.75, 3.05) is 7.11 Å². The summed E-state index contributed by atoms with van der Waals surface area (Å²) < 4.78 is 4.97. The minimum Gasteiger partial charge on any atom is -0.481 e. The predicted octanol–water partition coefficient (Wildman–Crippen LogP) is 2.60. The fourth-order valence-corrected chi connectivity index (χ4v) is 1.04. The molecule has 0 aliphatic heterocycles. The maximum absolute atomic E-state index is 4.97. The first kappa shape index (κ1) is 9.04. The molecule has 1 atom stereocenters. The van der Waals surface area contributed by atoms with Gasteiger partial charge in [0.25, 0.3) is 0 Å². The van der Waals surface area contributed by atoms with Crippen molar-refractivity contribution in [3.05, 3.63) is 23.9 Å². The summed E-state index contributed by atoms with van der Waals surface area (Å²) in [5, 5.41) is 0. The zero-order chi connectivity index (χ0) is 8.97. The average Bonchev–Trinajstić information content (AvgIpc) is 2.17. The minimum absolute atomic E-state index is 0.586. The highest BCUT2D eigenvalue weighted by atomic mass is 16.5. The van der Waals surface area contributed by atoms with Gasteiger partial charge in [0, 0.05) is 12.3 Å². The number of ether oxygens (including phenoxy) is 1. The van der Waals surface area contributed by atoms with Crippen LogP contribution in [0.2, 0.25) is 0 Å². The highest BCUT2D eigenvalue weighted by Crippen LogP contribution is 2.18. The van der Waals surface area contributed by atoms with Gasteiger partial charge in [0.15, 0.2) is 0 Å².